The molecule has 2 nitrogen and oxygen atoms in total. The first-order valence-corrected chi connectivity index (χ1v) is 4.73. The highest BCUT2D eigenvalue weighted by molar-refractivity contribution is 5.51. The Balaban J connectivity index is 2.08. The van der Waals surface area contributed by atoms with Crippen LogP contribution in [0.4, 0.5) is 0 Å². The van der Waals surface area contributed by atoms with Gasteiger partial charge in [-0.05, 0) is 38.3 Å². The van der Waals surface area contributed by atoms with E-state index in [0.717, 1.165) is 25.2 Å². The van der Waals surface area contributed by atoms with Crippen LogP contribution in [0.5, 0.6) is 0 Å². The molecule has 1 fully saturated rings. The zero-order chi connectivity index (χ0) is 8.65. The summed E-state index contributed by atoms with van der Waals surface area (Å²) >= 11 is 0. The normalized spacial score (nSPS) is 24.5. The Morgan fingerprint density at radius 2 is 2.33 bits per heavy atom. The van der Waals surface area contributed by atoms with Crippen molar-refractivity contribution in [2.75, 3.05) is 13.1 Å². The molecule has 1 N–H and O–H groups in total. The van der Waals surface area contributed by atoms with Crippen LogP contribution < -0.4 is 5.32 Å². The summed E-state index contributed by atoms with van der Waals surface area (Å²) in [7, 11) is 0. The molecule has 1 saturated heterocycles. The Bertz CT molecular complexity index is 148. The van der Waals surface area contributed by atoms with E-state index in [1.54, 1.807) is 0 Å². The van der Waals surface area contributed by atoms with Crippen LogP contribution in [0.2, 0.25) is 0 Å². The van der Waals surface area contributed by atoms with Gasteiger partial charge in [-0.1, -0.05) is 12.2 Å². The number of carbonyl (C=O) groups is 1. The molecule has 0 saturated carbocycles. The molecule has 2 heteroatoms. The first kappa shape index (κ1) is 9.46. The molecule has 1 atom stereocenters. The number of hydrogen-bond acceptors (Lipinski definition) is 2. The molecular formula is C10H17NO. The van der Waals surface area contributed by atoms with Gasteiger partial charge in [0.2, 0.25) is 0 Å². The van der Waals surface area contributed by atoms with Gasteiger partial charge in [-0.2, -0.15) is 0 Å². The van der Waals surface area contributed by atoms with Crippen LogP contribution in [0.3, 0.4) is 0 Å². The summed E-state index contributed by atoms with van der Waals surface area (Å²) in [5, 5.41) is 3.37. The lowest BCUT2D eigenvalue weighted by Gasteiger charge is -2.21. The van der Waals surface area contributed by atoms with Crippen molar-refractivity contribution < 1.29 is 4.79 Å². The minimum Gasteiger partial charge on any atom is -0.316 e. The standard InChI is InChI=1S/C10H17NO/c12-8-3-1-2-5-10-6-4-7-11-9-10/h1-2,8,10-11H,3-7,9H2/b2-1-. The lowest BCUT2D eigenvalue weighted by Crippen LogP contribution is -2.29. The van der Waals surface area contributed by atoms with E-state index < -0.39 is 0 Å². The molecule has 1 unspecified atom stereocenters. The van der Waals surface area contributed by atoms with Gasteiger partial charge in [0.15, 0.2) is 0 Å². The highest BCUT2D eigenvalue weighted by Gasteiger charge is 2.10. The molecule has 1 aliphatic heterocycles. The molecule has 1 rings (SSSR count). The molecule has 0 aromatic heterocycles. The van der Waals surface area contributed by atoms with Crippen molar-refractivity contribution in [3.63, 3.8) is 0 Å². The van der Waals surface area contributed by atoms with Gasteiger partial charge < -0.3 is 10.1 Å². The van der Waals surface area contributed by atoms with E-state index in [1.807, 2.05) is 6.08 Å². The average molecular weight is 167 g/mol. The SMILES string of the molecule is O=CC/C=C\CC1CCCNC1. The van der Waals surface area contributed by atoms with Gasteiger partial charge in [0, 0.05) is 6.42 Å². The van der Waals surface area contributed by atoms with Gasteiger partial charge >= 0.3 is 0 Å². The summed E-state index contributed by atoms with van der Waals surface area (Å²) in [6, 6.07) is 0. The van der Waals surface area contributed by atoms with Gasteiger partial charge in [-0.25, -0.2) is 0 Å². The molecule has 0 aliphatic carbocycles. The first-order valence-electron chi connectivity index (χ1n) is 4.73. The van der Waals surface area contributed by atoms with Crippen LogP contribution in [0, 0.1) is 5.92 Å². The molecule has 1 aliphatic rings. The van der Waals surface area contributed by atoms with E-state index in [1.165, 1.54) is 19.4 Å². The molecule has 0 spiro atoms. The highest BCUT2D eigenvalue weighted by atomic mass is 16.1. The fourth-order valence-electron chi connectivity index (χ4n) is 1.57. The number of rotatable bonds is 4. The first-order chi connectivity index (χ1) is 5.93. The monoisotopic (exact) mass is 167 g/mol. The summed E-state index contributed by atoms with van der Waals surface area (Å²) in [6.07, 6.45) is 9.36. The van der Waals surface area contributed by atoms with Crippen LogP contribution in [0.1, 0.15) is 25.7 Å². The maximum absolute atomic E-state index is 9.99. The van der Waals surface area contributed by atoms with Gasteiger partial charge in [-0.15, -0.1) is 0 Å². The molecule has 68 valence electrons. The molecule has 0 bridgehead atoms. The summed E-state index contributed by atoms with van der Waals surface area (Å²) < 4.78 is 0. The number of carbonyl (C=O) groups excluding carboxylic acids is 1. The fraction of sp³-hybridized carbons (Fsp3) is 0.700. The third-order valence-corrected chi connectivity index (χ3v) is 2.27. The van der Waals surface area contributed by atoms with Gasteiger partial charge in [0.25, 0.3) is 0 Å². The summed E-state index contributed by atoms with van der Waals surface area (Å²) in [6.45, 7) is 2.32. The third kappa shape index (κ3) is 3.67. The lowest BCUT2D eigenvalue weighted by molar-refractivity contribution is -0.107. The van der Waals surface area contributed by atoms with E-state index in [9.17, 15) is 4.79 Å². The van der Waals surface area contributed by atoms with Crippen molar-refractivity contribution in [2.24, 2.45) is 5.92 Å². The third-order valence-electron chi connectivity index (χ3n) is 2.27. The van der Waals surface area contributed by atoms with Crippen molar-refractivity contribution in [2.45, 2.75) is 25.7 Å². The van der Waals surface area contributed by atoms with Crippen LogP contribution >= 0.6 is 0 Å². The van der Waals surface area contributed by atoms with Crippen LogP contribution in [0.15, 0.2) is 12.2 Å². The minimum absolute atomic E-state index is 0.570. The summed E-state index contributed by atoms with van der Waals surface area (Å²) in [5.74, 6) is 0.793. The number of piperidine rings is 1. The Morgan fingerprint density at radius 3 is 3.00 bits per heavy atom. The Labute approximate surface area is 74.0 Å². The smallest absolute Gasteiger partial charge is 0.123 e. The Morgan fingerprint density at radius 1 is 1.42 bits per heavy atom. The Kier molecular flexibility index (Phi) is 4.69. The van der Waals surface area contributed by atoms with Crippen molar-refractivity contribution in [1.82, 2.24) is 5.32 Å². The van der Waals surface area contributed by atoms with Crippen LogP contribution in [-0.2, 0) is 4.79 Å². The van der Waals surface area contributed by atoms with E-state index in [0.29, 0.717) is 6.42 Å². The number of nitrogens with one attached hydrogen (secondary N) is 1. The minimum atomic E-state index is 0.570. The van der Waals surface area contributed by atoms with Crippen LogP contribution in [0.25, 0.3) is 0 Å². The topological polar surface area (TPSA) is 29.1 Å². The quantitative estimate of drug-likeness (QED) is 0.508. The summed E-state index contributed by atoms with van der Waals surface area (Å²) in [5.41, 5.74) is 0. The maximum atomic E-state index is 9.99. The van der Waals surface area contributed by atoms with Crippen LogP contribution in [-0.4, -0.2) is 19.4 Å². The molecule has 0 aromatic rings. The average Bonchev–Trinajstić information content (AvgIpc) is 2.14. The molecule has 0 amide bonds. The maximum Gasteiger partial charge on any atom is 0.123 e. The van der Waals surface area contributed by atoms with Gasteiger partial charge in [-0.3, -0.25) is 0 Å². The predicted octanol–water partition coefficient (Wildman–Crippen LogP) is 1.52. The summed E-state index contributed by atoms with van der Waals surface area (Å²) in [4.78, 5) is 9.99. The second-order valence-electron chi connectivity index (χ2n) is 3.32. The zero-order valence-electron chi connectivity index (χ0n) is 7.46. The fourth-order valence-corrected chi connectivity index (χ4v) is 1.57. The van der Waals surface area contributed by atoms with E-state index in [4.69, 9.17) is 0 Å². The predicted molar refractivity (Wildman–Crippen MR) is 50.0 cm³/mol. The van der Waals surface area contributed by atoms with E-state index >= 15 is 0 Å². The molecule has 1 heterocycles. The molecular weight excluding hydrogens is 150 g/mol. The second-order valence-corrected chi connectivity index (χ2v) is 3.32. The van der Waals surface area contributed by atoms with E-state index in [2.05, 4.69) is 11.4 Å². The number of allylic oxidation sites excluding steroid dienone is 2. The number of hydrogen-bond donors (Lipinski definition) is 1. The number of aldehydes is 1. The van der Waals surface area contributed by atoms with Crippen molar-refractivity contribution in [1.29, 1.82) is 0 Å². The van der Waals surface area contributed by atoms with Crippen molar-refractivity contribution >= 4 is 6.29 Å². The Hall–Kier alpha value is -0.630. The van der Waals surface area contributed by atoms with E-state index in [-0.39, 0.29) is 0 Å². The van der Waals surface area contributed by atoms with Crippen molar-refractivity contribution in [3.05, 3.63) is 12.2 Å². The second kappa shape index (κ2) is 5.95. The van der Waals surface area contributed by atoms with Gasteiger partial charge in [0.05, 0.1) is 0 Å². The van der Waals surface area contributed by atoms with Crippen molar-refractivity contribution in [3.8, 4) is 0 Å². The molecule has 0 radical (unpaired) electrons. The molecule has 0 aromatic carbocycles. The largest absolute Gasteiger partial charge is 0.316 e. The lowest BCUT2D eigenvalue weighted by atomic mass is 9.96. The zero-order valence-corrected chi connectivity index (χ0v) is 7.46. The highest BCUT2D eigenvalue weighted by Crippen LogP contribution is 2.14. The molecule has 12 heavy (non-hydrogen) atoms. The van der Waals surface area contributed by atoms with Gasteiger partial charge in [0.1, 0.15) is 6.29 Å².